The van der Waals surface area contributed by atoms with E-state index in [1.165, 1.54) is 27.7 Å². The average molecular weight is 1780 g/mol. The fraction of sp³-hybridized carbons (Fsp3) is 0.651. The molecule has 4 amide bonds. The molecule has 1 aliphatic carbocycles. The van der Waals surface area contributed by atoms with E-state index >= 15 is 0 Å². The van der Waals surface area contributed by atoms with Gasteiger partial charge in [0.25, 0.3) is 0 Å². The van der Waals surface area contributed by atoms with E-state index in [0.717, 1.165) is 77.7 Å². The van der Waals surface area contributed by atoms with Crippen molar-refractivity contribution in [2.45, 2.75) is 186 Å². The molecule has 2 aliphatic heterocycles. The summed E-state index contributed by atoms with van der Waals surface area (Å²) in [7, 11) is -33.2. The quantitative estimate of drug-likeness (QED) is 0.0193. The van der Waals surface area contributed by atoms with Crippen LogP contribution in [0, 0.1) is 21.7 Å². The lowest BCUT2D eigenvalue weighted by Crippen LogP contribution is -2.46. The minimum Gasteiger partial charge on any atom is -0.386 e. The molecule has 3 fully saturated rings. The number of aryl methyl sites for hydroxylation is 2. The number of fused-ring (bicyclic) bond motifs is 2. The van der Waals surface area contributed by atoms with Crippen LogP contribution < -0.4 is 32.7 Å². The van der Waals surface area contributed by atoms with Gasteiger partial charge >= 0.3 is 46.9 Å². The Hall–Kier alpha value is -6.36. The van der Waals surface area contributed by atoms with Crippen LogP contribution in [-0.4, -0.2) is 235 Å². The zero-order valence-corrected chi connectivity index (χ0v) is 69.4. The summed E-state index contributed by atoms with van der Waals surface area (Å²) in [6.45, 7) is 3.78. The van der Waals surface area contributed by atoms with Gasteiger partial charge in [0.1, 0.15) is 84.1 Å². The van der Waals surface area contributed by atoms with E-state index in [0.29, 0.717) is 25.7 Å². The number of rotatable bonds is 49. The highest BCUT2D eigenvalue weighted by Gasteiger charge is 2.53. The second-order valence-corrected chi connectivity index (χ2v) is 38.5. The SMILES string of the molecule is CC(C)(CCCc1cccc(CCCCC2(C(=O)CCNC(=O)CCNC(=O)C(O)C(C)(C)COP(=O)(O)OP(=O)(O)OCC3OC(n4cnc5c(N)ncnc54)C(O)C3OP(=O)(O)O)CC2)c1)C(=O)CCNC(=O)CCNC(=O)C(O)C(C)(C)COP(=O)(O)OP(=O)(O)OCC1OC(n2cnc3c(N)ncnc32)C(O)C1OP(=O)(O)O. The summed E-state index contributed by atoms with van der Waals surface area (Å²) in [5, 5.41) is 53.6. The van der Waals surface area contributed by atoms with Crippen molar-refractivity contribution in [3.05, 3.63) is 60.7 Å². The number of benzene rings is 1. The number of phosphoric acid groups is 6. The maximum absolute atomic E-state index is 13.4. The molecule has 0 spiro atoms. The molecule has 4 aromatic heterocycles. The van der Waals surface area contributed by atoms with Crippen molar-refractivity contribution in [1.29, 1.82) is 0 Å². The fourth-order valence-electron chi connectivity index (χ4n) is 12.5. The number of nitrogens with two attached hydrogens (primary N) is 2. The van der Waals surface area contributed by atoms with Crippen LogP contribution in [0.2, 0.25) is 0 Å². The number of amides is 4. The molecule has 14 atom stereocenters. The normalized spacial score (nSPS) is 22.4. The standard InChI is InChI=1S/C63H98N14O34P6/c1-60(2,40(78)15-23-66-42(80)17-25-68-56(86)50(84)61(3,4)30-104-116(98,99)110-114(94,95)102-28-38-48(108-112(88,89)90)46(82)58(106-38)76-34-74-44-52(64)70-32-72-54(44)76)19-10-14-37-13-9-12-36(27-37)11-7-8-20-63(21-22-63)41(79)16-24-67-43(81)18-26-69-57(87)51(85)62(5,6)31-105-117(100,101)111-115(96,97)103-29-39-49(109-113(91,92)93)47(83)59(107-39)77-35-75-45-53(65)71-33-73-55(45)77/h9,12-13,27,32-35,38-39,46-51,58-59,82-85H,7-8,10-11,14-26,28-31H2,1-6H3,(H,66,80)(H,67,81)(H,68,86)(H,69,87)(H,94,95)(H,96,97)(H,98,99)(H,100,101)(H2,64,70,72)(H2,65,71,73)(H2,88,89,90)(H2,91,92,93). The number of aromatic nitrogens is 8. The number of hydrogen-bond acceptors (Lipinski definition) is 34. The Morgan fingerprint density at radius 2 is 0.957 bits per heavy atom. The molecule has 6 heterocycles. The van der Waals surface area contributed by atoms with Crippen LogP contribution >= 0.6 is 46.9 Å². The number of Topliss-reactive ketones (excluding diaryl/α,β-unsaturated/α-hetero) is 2. The minimum atomic E-state index is -5.65. The number of carbonyl (C=O) groups is 6. The fourth-order valence-corrected chi connectivity index (χ4v) is 18.2. The van der Waals surface area contributed by atoms with E-state index in [4.69, 9.17) is 39.0 Å². The van der Waals surface area contributed by atoms with Crippen molar-refractivity contribution in [3.8, 4) is 0 Å². The maximum Gasteiger partial charge on any atom is 0.481 e. The summed E-state index contributed by atoms with van der Waals surface area (Å²) in [6.07, 6.45) is -8.13. The van der Waals surface area contributed by atoms with Gasteiger partial charge in [0.05, 0.1) is 39.1 Å². The van der Waals surface area contributed by atoms with E-state index < -0.39 is 180 Å². The maximum atomic E-state index is 13.4. The number of carbonyl (C=O) groups excluding carboxylic acids is 6. The van der Waals surface area contributed by atoms with Crippen molar-refractivity contribution in [2.75, 3.05) is 64.1 Å². The molecule has 1 aromatic carbocycles. The molecular weight excluding hydrogens is 1680 g/mol. The van der Waals surface area contributed by atoms with Crippen molar-refractivity contribution < 1.29 is 161 Å². The molecule has 1 saturated carbocycles. The molecule has 8 rings (SSSR count). The Labute approximate surface area is 667 Å². The van der Waals surface area contributed by atoms with Gasteiger partial charge in [-0.3, -0.25) is 65.0 Å². The molecule has 2 saturated heterocycles. The lowest BCUT2D eigenvalue weighted by atomic mass is 9.81. The van der Waals surface area contributed by atoms with Gasteiger partial charge in [-0.2, -0.15) is 8.62 Å². The Morgan fingerprint density at radius 3 is 1.38 bits per heavy atom. The number of phosphoric ester groups is 6. The molecule has 0 radical (unpaired) electrons. The van der Waals surface area contributed by atoms with Crippen molar-refractivity contribution in [1.82, 2.24) is 60.3 Å². The molecular formula is C63H98N14O34P6. The number of hydrogen-bond donors (Lipinski definition) is 18. The van der Waals surface area contributed by atoms with E-state index in [9.17, 15) is 116 Å². The number of anilines is 2. The first kappa shape index (κ1) is 96.1. The monoisotopic (exact) mass is 1780 g/mol. The number of ketones is 2. The minimum absolute atomic E-state index is 0.00211. The van der Waals surface area contributed by atoms with Crippen molar-refractivity contribution >= 4 is 116 Å². The van der Waals surface area contributed by atoms with E-state index in [1.54, 1.807) is 0 Å². The highest BCUT2D eigenvalue weighted by atomic mass is 31.3. The highest BCUT2D eigenvalue weighted by Crippen LogP contribution is 2.63. The number of nitrogens with zero attached hydrogens (tertiary/aromatic N) is 8. The van der Waals surface area contributed by atoms with E-state index in [1.807, 2.05) is 32.0 Å². The lowest BCUT2D eigenvalue weighted by Gasteiger charge is -2.30. The first-order valence-electron chi connectivity index (χ1n) is 36.2. The number of imidazole rings is 2. The molecule has 0 bridgehead atoms. The van der Waals surface area contributed by atoms with Gasteiger partial charge in [0.2, 0.25) is 23.6 Å². The zero-order valence-electron chi connectivity index (χ0n) is 64.0. The van der Waals surface area contributed by atoms with Crippen molar-refractivity contribution in [2.24, 2.45) is 21.7 Å². The number of aliphatic hydroxyl groups excluding tert-OH is 4. The van der Waals surface area contributed by atoms with Gasteiger partial charge in [-0.05, 0) is 62.5 Å². The van der Waals surface area contributed by atoms with Crippen LogP contribution in [0.25, 0.3) is 22.3 Å². The first-order valence-corrected chi connectivity index (χ1v) is 45.3. The topological polar surface area (TPSA) is 727 Å². The summed E-state index contributed by atoms with van der Waals surface area (Å²) in [6, 6.07) is 8.09. The number of ether oxygens (including phenoxy) is 2. The Kier molecular flexibility index (Phi) is 32.6. The Balaban J connectivity index is 0.647. The predicted molar refractivity (Wildman–Crippen MR) is 401 cm³/mol. The molecule has 48 nitrogen and oxygen atoms in total. The summed E-state index contributed by atoms with van der Waals surface area (Å²) in [4.78, 5) is 181. The molecule has 20 N–H and O–H groups in total. The van der Waals surface area contributed by atoms with Crippen LogP contribution in [0.3, 0.4) is 0 Å². The Bertz CT molecular complexity index is 4660. The molecule has 117 heavy (non-hydrogen) atoms. The molecule has 654 valence electrons. The van der Waals surface area contributed by atoms with Crippen LogP contribution in [0.1, 0.15) is 136 Å². The molecule has 3 aliphatic rings. The van der Waals surface area contributed by atoms with Gasteiger partial charge in [0.15, 0.2) is 35.4 Å². The Morgan fingerprint density at radius 1 is 0.556 bits per heavy atom. The summed E-state index contributed by atoms with van der Waals surface area (Å²) >= 11 is 0. The summed E-state index contributed by atoms with van der Waals surface area (Å²) in [5.74, 6) is -3.33. The molecule has 5 aromatic rings. The second kappa shape index (κ2) is 39.7. The highest BCUT2D eigenvalue weighted by molar-refractivity contribution is 7.61. The van der Waals surface area contributed by atoms with Crippen LogP contribution in [0.4, 0.5) is 11.6 Å². The number of aliphatic hydroxyl groups is 4. The second-order valence-electron chi connectivity index (χ2n) is 30.0. The van der Waals surface area contributed by atoms with Gasteiger partial charge in [-0.25, -0.2) is 57.3 Å². The van der Waals surface area contributed by atoms with Crippen LogP contribution in [0.5, 0.6) is 0 Å². The number of nitrogens with one attached hydrogen (secondary N) is 4. The zero-order chi connectivity index (χ0) is 86.7. The third-order valence-corrected chi connectivity index (χ3v) is 25.5. The molecule has 54 heteroatoms. The summed E-state index contributed by atoms with van der Waals surface area (Å²) < 4.78 is 126. The van der Waals surface area contributed by atoms with E-state index in [-0.39, 0.29) is 97.4 Å². The first-order chi connectivity index (χ1) is 54.3. The predicted octanol–water partition coefficient (Wildman–Crippen LogP) is 1.28. The summed E-state index contributed by atoms with van der Waals surface area (Å²) in [5.41, 5.74) is 9.31. The number of nitrogen functional groups attached to an aromatic ring is 2. The van der Waals surface area contributed by atoms with Gasteiger partial charge < -0.3 is 102 Å². The van der Waals surface area contributed by atoms with Gasteiger partial charge in [-0.1, -0.05) is 72.2 Å². The molecule has 14 unspecified atom stereocenters. The number of unbranched alkanes of at least 4 members (excludes halogenated alkanes) is 1. The third-order valence-electron chi connectivity index (χ3n) is 19.3. The third kappa shape index (κ3) is 27.8. The van der Waals surface area contributed by atoms with Gasteiger partial charge in [0, 0.05) is 73.5 Å². The van der Waals surface area contributed by atoms with Gasteiger partial charge in [-0.15, -0.1) is 0 Å². The van der Waals surface area contributed by atoms with Crippen LogP contribution in [0.15, 0.2) is 49.6 Å². The van der Waals surface area contributed by atoms with Crippen molar-refractivity contribution in [3.63, 3.8) is 0 Å². The lowest BCUT2D eigenvalue weighted by molar-refractivity contribution is -0.137. The largest absolute Gasteiger partial charge is 0.481 e. The smallest absolute Gasteiger partial charge is 0.386 e. The van der Waals surface area contributed by atoms with Crippen LogP contribution in [-0.2, 0) is 114 Å². The van der Waals surface area contributed by atoms with E-state index in [2.05, 4.69) is 74.9 Å². The average Bonchev–Trinajstić information content (AvgIpc) is 1.62.